The van der Waals surface area contributed by atoms with E-state index in [0.717, 1.165) is 45.3 Å². The molecule has 0 atom stereocenters. The fourth-order valence-corrected chi connectivity index (χ4v) is 3.44. The number of hydrogen-bond acceptors (Lipinski definition) is 2. The van der Waals surface area contributed by atoms with Crippen molar-refractivity contribution in [2.24, 2.45) is 11.8 Å². The van der Waals surface area contributed by atoms with Crippen molar-refractivity contribution in [3.63, 3.8) is 0 Å². The summed E-state index contributed by atoms with van der Waals surface area (Å²) in [6.07, 6.45) is 10.8. The van der Waals surface area contributed by atoms with Crippen LogP contribution in [0.2, 0.25) is 0 Å². The Morgan fingerprint density at radius 1 is 1.16 bits per heavy atom. The molecule has 2 heterocycles. The number of amides is 1. The molecule has 1 aromatic rings. The number of carbonyl (C=O) groups is 1. The van der Waals surface area contributed by atoms with Gasteiger partial charge >= 0.3 is 0 Å². The van der Waals surface area contributed by atoms with Crippen molar-refractivity contribution in [3.05, 3.63) is 18.5 Å². The van der Waals surface area contributed by atoms with Crippen LogP contribution < -0.4 is 0 Å². The summed E-state index contributed by atoms with van der Waals surface area (Å²) in [5, 5.41) is 4.26. The highest BCUT2D eigenvalue weighted by Crippen LogP contribution is 2.28. The zero-order valence-corrected chi connectivity index (χ0v) is 11.5. The molecule has 3 rings (SSSR count). The Bertz CT molecular complexity index is 401. The summed E-state index contributed by atoms with van der Waals surface area (Å²) >= 11 is 0. The lowest BCUT2D eigenvalue weighted by atomic mass is 9.95. The van der Waals surface area contributed by atoms with Gasteiger partial charge in [-0.15, -0.1) is 0 Å². The fraction of sp³-hybridized carbons (Fsp3) is 0.733. The van der Waals surface area contributed by atoms with E-state index in [4.69, 9.17) is 0 Å². The van der Waals surface area contributed by atoms with Crippen molar-refractivity contribution in [2.45, 2.75) is 45.1 Å². The van der Waals surface area contributed by atoms with Crippen LogP contribution in [0.1, 0.15) is 38.5 Å². The van der Waals surface area contributed by atoms with Gasteiger partial charge in [0.2, 0.25) is 5.91 Å². The summed E-state index contributed by atoms with van der Waals surface area (Å²) in [5.41, 5.74) is 0. The van der Waals surface area contributed by atoms with Gasteiger partial charge in [-0.25, -0.2) is 0 Å². The van der Waals surface area contributed by atoms with E-state index in [1.807, 2.05) is 23.1 Å². The highest BCUT2D eigenvalue weighted by molar-refractivity contribution is 5.79. The van der Waals surface area contributed by atoms with Crippen molar-refractivity contribution in [1.29, 1.82) is 0 Å². The standard InChI is InChI=1S/C15H23N3O/c19-15(14-4-1-2-5-14)17-10-6-13(7-11-17)12-18-9-3-8-16-18/h3,8-9,13-14H,1-2,4-7,10-12H2. The predicted molar refractivity (Wildman–Crippen MR) is 73.5 cm³/mol. The van der Waals surface area contributed by atoms with E-state index in [2.05, 4.69) is 10.00 Å². The number of nitrogens with zero attached hydrogens (tertiary/aromatic N) is 3. The molecule has 2 aliphatic rings. The molecule has 1 aliphatic carbocycles. The molecule has 4 nitrogen and oxygen atoms in total. The van der Waals surface area contributed by atoms with Crippen molar-refractivity contribution in [2.75, 3.05) is 13.1 Å². The quantitative estimate of drug-likeness (QED) is 0.837. The van der Waals surface area contributed by atoms with Crippen LogP contribution in [0, 0.1) is 11.8 Å². The number of piperidine rings is 1. The van der Waals surface area contributed by atoms with Crippen LogP contribution in [-0.2, 0) is 11.3 Å². The number of rotatable bonds is 3. The van der Waals surface area contributed by atoms with Crippen LogP contribution in [0.15, 0.2) is 18.5 Å². The van der Waals surface area contributed by atoms with Crippen LogP contribution in [0.4, 0.5) is 0 Å². The number of carbonyl (C=O) groups excluding carboxylic acids is 1. The number of aromatic nitrogens is 2. The second-order valence-corrected chi connectivity index (χ2v) is 5.98. The average Bonchev–Trinajstić information content (AvgIpc) is 3.12. The monoisotopic (exact) mass is 261 g/mol. The highest BCUT2D eigenvalue weighted by Gasteiger charge is 2.29. The Kier molecular flexibility index (Phi) is 3.85. The second-order valence-electron chi connectivity index (χ2n) is 5.98. The Balaban J connectivity index is 1.47. The fourth-order valence-electron chi connectivity index (χ4n) is 3.44. The lowest BCUT2D eigenvalue weighted by Crippen LogP contribution is -2.41. The third-order valence-electron chi connectivity index (χ3n) is 4.64. The van der Waals surface area contributed by atoms with E-state index in [1.54, 1.807) is 0 Å². The lowest BCUT2D eigenvalue weighted by Gasteiger charge is -2.33. The van der Waals surface area contributed by atoms with Crippen molar-refractivity contribution < 1.29 is 4.79 Å². The molecule has 0 radical (unpaired) electrons. The third-order valence-corrected chi connectivity index (χ3v) is 4.64. The van der Waals surface area contributed by atoms with Gasteiger partial charge in [0.15, 0.2) is 0 Å². The Labute approximate surface area is 114 Å². The van der Waals surface area contributed by atoms with Crippen LogP contribution in [0.3, 0.4) is 0 Å². The van der Waals surface area contributed by atoms with E-state index in [0.29, 0.717) is 17.7 Å². The molecular formula is C15H23N3O. The minimum absolute atomic E-state index is 0.336. The second kappa shape index (κ2) is 5.76. The van der Waals surface area contributed by atoms with Gasteiger partial charge in [-0.2, -0.15) is 5.10 Å². The molecule has 19 heavy (non-hydrogen) atoms. The molecular weight excluding hydrogens is 238 g/mol. The van der Waals surface area contributed by atoms with Gasteiger partial charge < -0.3 is 4.90 Å². The molecule has 0 aromatic carbocycles. The minimum Gasteiger partial charge on any atom is -0.342 e. The van der Waals surface area contributed by atoms with Crippen molar-refractivity contribution in [1.82, 2.24) is 14.7 Å². The molecule has 0 spiro atoms. The average molecular weight is 261 g/mol. The normalized spacial score (nSPS) is 22.0. The van der Waals surface area contributed by atoms with E-state index >= 15 is 0 Å². The van der Waals surface area contributed by atoms with Crippen LogP contribution in [-0.4, -0.2) is 33.7 Å². The summed E-state index contributed by atoms with van der Waals surface area (Å²) in [4.78, 5) is 14.4. The van der Waals surface area contributed by atoms with E-state index in [9.17, 15) is 4.79 Å². The molecule has 0 unspecified atom stereocenters. The maximum absolute atomic E-state index is 12.3. The van der Waals surface area contributed by atoms with Gasteiger partial charge in [0, 0.05) is 37.9 Å². The number of likely N-dealkylation sites (tertiary alicyclic amines) is 1. The first-order valence-electron chi connectivity index (χ1n) is 7.59. The molecule has 1 saturated heterocycles. The largest absolute Gasteiger partial charge is 0.342 e. The molecule has 4 heteroatoms. The summed E-state index contributed by atoms with van der Waals surface area (Å²) in [7, 11) is 0. The van der Waals surface area contributed by atoms with Gasteiger partial charge in [0.05, 0.1) is 0 Å². The first kappa shape index (κ1) is 12.7. The predicted octanol–water partition coefficient (Wildman–Crippen LogP) is 2.31. The molecule has 1 aromatic heterocycles. The molecule has 0 bridgehead atoms. The van der Waals surface area contributed by atoms with Crippen LogP contribution in [0.5, 0.6) is 0 Å². The van der Waals surface area contributed by atoms with Crippen LogP contribution in [0.25, 0.3) is 0 Å². The van der Waals surface area contributed by atoms with E-state index in [-0.39, 0.29) is 0 Å². The molecule has 104 valence electrons. The summed E-state index contributed by atoms with van der Waals surface area (Å²) in [6, 6.07) is 1.97. The Hall–Kier alpha value is -1.32. The first-order chi connectivity index (χ1) is 9.33. The van der Waals surface area contributed by atoms with Gasteiger partial charge in [-0.3, -0.25) is 9.48 Å². The van der Waals surface area contributed by atoms with E-state index < -0.39 is 0 Å². The Morgan fingerprint density at radius 3 is 2.53 bits per heavy atom. The first-order valence-corrected chi connectivity index (χ1v) is 7.59. The van der Waals surface area contributed by atoms with Gasteiger partial charge in [-0.1, -0.05) is 12.8 Å². The van der Waals surface area contributed by atoms with Gasteiger partial charge in [-0.05, 0) is 37.7 Å². The third kappa shape index (κ3) is 2.99. The van der Waals surface area contributed by atoms with E-state index in [1.165, 1.54) is 12.8 Å². The van der Waals surface area contributed by atoms with Crippen LogP contribution >= 0.6 is 0 Å². The maximum atomic E-state index is 12.3. The number of hydrogen-bond donors (Lipinski definition) is 0. The van der Waals surface area contributed by atoms with Crippen molar-refractivity contribution >= 4 is 5.91 Å². The zero-order chi connectivity index (χ0) is 13.1. The van der Waals surface area contributed by atoms with Crippen molar-refractivity contribution in [3.8, 4) is 0 Å². The minimum atomic E-state index is 0.336. The maximum Gasteiger partial charge on any atom is 0.225 e. The summed E-state index contributed by atoms with van der Waals surface area (Å²) in [5.74, 6) is 1.44. The molecule has 2 fully saturated rings. The zero-order valence-electron chi connectivity index (χ0n) is 11.5. The molecule has 1 aliphatic heterocycles. The topological polar surface area (TPSA) is 38.1 Å². The Morgan fingerprint density at radius 2 is 1.89 bits per heavy atom. The molecule has 1 amide bonds. The lowest BCUT2D eigenvalue weighted by molar-refractivity contribution is -0.136. The highest BCUT2D eigenvalue weighted by atomic mass is 16.2. The molecule has 1 saturated carbocycles. The molecule has 0 N–H and O–H groups in total. The SMILES string of the molecule is O=C(C1CCCC1)N1CCC(Cn2cccn2)CC1. The summed E-state index contributed by atoms with van der Waals surface area (Å²) in [6.45, 7) is 2.89. The van der Waals surface area contributed by atoms with Gasteiger partial charge in [0.1, 0.15) is 0 Å². The van der Waals surface area contributed by atoms with Gasteiger partial charge in [0.25, 0.3) is 0 Å². The summed E-state index contributed by atoms with van der Waals surface area (Å²) < 4.78 is 2.01. The smallest absolute Gasteiger partial charge is 0.225 e.